The van der Waals surface area contributed by atoms with Crippen molar-refractivity contribution >= 4 is 44.1 Å². The molecule has 344 valence electrons. The average Bonchev–Trinajstić information content (AvgIpc) is 4.23. The molecule has 0 spiro atoms. The van der Waals surface area contributed by atoms with Gasteiger partial charge in [0.05, 0.1) is 69.4 Å². The Hall–Kier alpha value is -8.36. The fourth-order valence-corrected chi connectivity index (χ4v) is 14.8. The molecule has 8 bridgehead atoms. The van der Waals surface area contributed by atoms with Crippen molar-refractivity contribution in [2.24, 2.45) is 0 Å². The van der Waals surface area contributed by atoms with Crippen LogP contribution in [0.25, 0.3) is 133 Å². The summed E-state index contributed by atoms with van der Waals surface area (Å²) >= 11 is 0. The molecule has 0 fully saturated rings. The highest BCUT2D eigenvalue weighted by atomic mass is 14.9. The molecule has 5 aliphatic rings. The predicted octanol–water partition coefficient (Wildman–Crippen LogP) is 16.3. The van der Waals surface area contributed by atoms with Gasteiger partial charge in [0.2, 0.25) is 0 Å². The Morgan fingerprint density at radius 2 is 0.444 bits per heavy atom. The van der Waals surface area contributed by atoms with E-state index in [4.69, 9.17) is 19.9 Å². The zero-order valence-electron chi connectivity index (χ0n) is 40.5. The Morgan fingerprint density at radius 1 is 0.250 bits per heavy atom. The summed E-state index contributed by atoms with van der Waals surface area (Å²) in [5.74, 6) is 0.539. The van der Waals surface area contributed by atoms with Crippen molar-refractivity contribution in [2.45, 2.75) is 77.0 Å². The Bertz CT molecular complexity index is 3630. The van der Waals surface area contributed by atoms with Gasteiger partial charge >= 0.3 is 0 Å². The van der Waals surface area contributed by atoms with E-state index in [1.807, 2.05) is 25.3 Å². The molecule has 4 unspecified atom stereocenters. The molecule has 0 radical (unpaired) electrons. The van der Waals surface area contributed by atoms with Crippen molar-refractivity contribution < 1.29 is 0 Å². The lowest BCUT2D eigenvalue weighted by atomic mass is 9.75. The van der Waals surface area contributed by atoms with E-state index in [0.29, 0.717) is 0 Å². The number of fused-ring (bicyclic) bond motifs is 16. The number of nitrogens with zero attached hydrogens (tertiary/aromatic N) is 4. The maximum absolute atomic E-state index is 4.92. The first-order valence-corrected chi connectivity index (χ1v) is 26.1. The first kappa shape index (κ1) is 39.4. The van der Waals surface area contributed by atoms with Gasteiger partial charge in [0.25, 0.3) is 0 Å². The lowest BCUT2D eigenvalue weighted by Crippen LogP contribution is -2.11. The molecule has 0 saturated carbocycles. The first-order valence-electron chi connectivity index (χ1n) is 26.1. The van der Waals surface area contributed by atoms with E-state index < -0.39 is 0 Å². The van der Waals surface area contributed by atoms with Crippen LogP contribution in [0.4, 0.5) is 0 Å². The van der Waals surface area contributed by atoms with E-state index >= 15 is 0 Å². The maximum atomic E-state index is 4.92. The van der Waals surface area contributed by atoms with E-state index in [1.54, 1.807) is 0 Å². The van der Waals surface area contributed by atoms with Gasteiger partial charge in [-0.15, -0.1) is 0 Å². The van der Waals surface area contributed by atoms with Crippen LogP contribution in [0.5, 0.6) is 0 Å². The second-order valence-corrected chi connectivity index (χ2v) is 21.2. The minimum Gasteiger partial charge on any atom is -0.345 e. The smallest absolute Gasteiger partial charge is 0.0931 e. The van der Waals surface area contributed by atoms with Crippen LogP contribution < -0.4 is 0 Å². The van der Waals surface area contributed by atoms with E-state index in [9.17, 15) is 0 Å². The second kappa shape index (κ2) is 13.7. The standard InChI is InChI=1S/C64H48N8/c1-5-29-33-9-35-30(6-2)37-11-39-32(8-4)40-12-38-31(7-3)36-10-34(29)42-14-44(36)52-20-60-62(70-27-68-60)22-54(52)46(38)16-48(40)56-24-64-63(71-28-72-64)23-55(56)47(39)15-45(37)53-21-61-59(67-26-69-61)19-51(53)43(35)13-41(33)49-17-57-58(18-50(42)49)66-25-65-57/h9-32H,5-8H2,1-4H3,(H,65,66)(H,67,69)(H,68,70)(H,71,72). The molecule has 12 aromatic rings. The van der Waals surface area contributed by atoms with Gasteiger partial charge in [-0.25, -0.2) is 19.9 Å². The number of imidazole rings is 4. The highest BCUT2D eigenvalue weighted by Gasteiger charge is 2.39. The zero-order valence-corrected chi connectivity index (χ0v) is 40.5. The summed E-state index contributed by atoms with van der Waals surface area (Å²) < 4.78 is 0. The minimum absolute atomic E-state index is 0.134. The topological polar surface area (TPSA) is 115 Å². The van der Waals surface area contributed by atoms with Crippen molar-refractivity contribution in [3.63, 3.8) is 0 Å². The van der Waals surface area contributed by atoms with E-state index in [-0.39, 0.29) is 23.7 Å². The zero-order chi connectivity index (χ0) is 47.4. The molecule has 17 rings (SSSR count). The molecule has 0 saturated heterocycles. The Balaban J connectivity index is 1.13. The molecule has 4 atom stereocenters. The monoisotopic (exact) mass is 928 g/mol. The lowest BCUT2D eigenvalue weighted by Gasteiger charge is -2.28. The normalized spacial score (nSPS) is 17.9. The summed E-state index contributed by atoms with van der Waals surface area (Å²) in [6.07, 6.45) is 11.2. The van der Waals surface area contributed by atoms with Gasteiger partial charge in [0.1, 0.15) is 0 Å². The molecule has 8 aromatic carbocycles. The van der Waals surface area contributed by atoms with E-state index in [1.165, 1.54) is 134 Å². The second-order valence-electron chi connectivity index (χ2n) is 21.2. The SMILES string of the molecule is CCC1c2cc3c4cc2-c2cc5nc[nH]c5cc2-c2cc5c(cc21)C(CC)c1cc2c(cc1-c1cc6[nH]cnc6cc1-5)-c1cc5nc[nH]c5cc1-c1cc(c(cc1C2CC)C3CC)-c1cc2[nH]cnc2cc1-4. The van der Waals surface area contributed by atoms with Gasteiger partial charge in [-0.2, -0.15) is 0 Å². The summed E-state index contributed by atoms with van der Waals surface area (Å²) in [6.45, 7) is 9.61. The van der Waals surface area contributed by atoms with Crippen molar-refractivity contribution in [1.82, 2.24) is 39.9 Å². The number of H-pyrrole nitrogens is 4. The highest BCUT2D eigenvalue weighted by molar-refractivity contribution is 6.06. The molecule has 72 heavy (non-hydrogen) atoms. The quantitative estimate of drug-likeness (QED) is 0.141. The van der Waals surface area contributed by atoms with Crippen LogP contribution in [0.15, 0.2) is 122 Å². The fraction of sp³-hybridized carbons (Fsp3) is 0.188. The third-order valence-corrected chi connectivity index (χ3v) is 18.1. The largest absolute Gasteiger partial charge is 0.345 e. The molecular formula is C64H48N8. The van der Waals surface area contributed by atoms with Crippen LogP contribution in [0.1, 0.15) is 122 Å². The van der Waals surface area contributed by atoms with E-state index in [0.717, 1.165) is 69.8 Å². The molecule has 4 aromatic heterocycles. The van der Waals surface area contributed by atoms with Gasteiger partial charge < -0.3 is 19.9 Å². The molecule has 8 nitrogen and oxygen atoms in total. The number of benzene rings is 8. The molecular weight excluding hydrogens is 881 g/mol. The molecule has 4 heterocycles. The van der Waals surface area contributed by atoms with E-state index in [2.05, 4.69) is 145 Å². The molecule has 5 aliphatic carbocycles. The Morgan fingerprint density at radius 3 is 0.639 bits per heavy atom. The number of aromatic nitrogens is 8. The van der Waals surface area contributed by atoms with Crippen LogP contribution >= 0.6 is 0 Å². The summed E-state index contributed by atoms with van der Waals surface area (Å²) in [5, 5.41) is 0. The van der Waals surface area contributed by atoms with Crippen molar-refractivity contribution in [3.8, 4) is 89.0 Å². The summed E-state index contributed by atoms with van der Waals surface area (Å²) in [6, 6.07) is 40.0. The molecule has 8 heteroatoms. The lowest BCUT2D eigenvalue weighted by molar-refractivity contribution is 0.739. The summed E-state index contributed by atoms with van der Waals surface area (Å²) in [5.41, 5.74) is 39.5. The van der Waals surface area contributed by atoms with Gasteiger partial charge in [-0.3, -0.25) is 0 Å². The van der Waals surface area contributed by atoms with Gasteiger partial charge in [0.15, 0.2) is 0 Å². The number of hydrogen-bond acceptors (Lipinski definition) is 4. The molecule has 4 N–H and O–H groups in total. The third kappa shape index (κ3) is 4.87. The fourth-order valence-electron chi connectivity index (χ4n) is 14.8. The Kier molecular flexibility index (Phi) is 7.51. The van der Waals surface area contributed by atoms with Gasteiger partial charge in [0, 0.05) is 23.7 Å². The van der Waals surface area contributed by atoms with Crippen LogP contribution in [0, 0.1) is 0 Å². The third-order valence-electron chi connectivity index (χ3n) is 18.1. The van der Waals surface area contributed by atoms with Crippen molar-refractivity contribution in [3.05, 3.63) is 167 Å². The van der Waals surface area contributed by atoms with Gasteiger partial charge in [-0.05, 0) is 232 Å². The minimum atomic E-state index is 0.134. The number of aromatic amines is 4. The predicted molar refractivity (Wildman–Crippen MR) is 291 cm³/mol. The van der Waals surface area contributed by atoms with Crippen molar-refractivity contribution in [1.29, 1.82) is 0 Å². The summed E-state index contributed by atoms with van der Waals surface area (Å²) in [4.78, 5) is 33.8. The first-order chi connectivity index (χ1) is 35.5. The number of hydrogen-bond donors (Lipinski definition) is 4. The van der Waals surface area contributed by atoms with Crippen LogP contribution in [0.2, 0.25) is 0 Å². The highest BCUT2D eigenvalue weighted by Crippen LogP contribution is 2.60. The van der Waals surface area contributed by atoms with Crippen LogP contribution in [-0.4, -0.2) is 39.9 Å². The van der Waals surface area contributed by atoms with Crippen LogP contribution in [-0.2, 0) is 0 Å². The molecule has 0 amide bonds. The average molecular weight is 929 g/mol. The number of rotatable bonds is 4. The van der Waals surface area contributed by atoms with Gasteiger partial charge in [-0.1, -0.05) is 52.0 Å². The Labute approximate surface area is 415 Å². The summed E-state index contributed by atoms with van der Waals surface area (Å²) in [7, 11) is 0. The number of nitrogens with one attached hydrogen (secondary N) is 4. The van der Waals surface area contributed by atoms with Crippen molar-refractivity contribution in [2.75, 3.05) is 0 Å². The maximum Gasteiger partial charge on any atom is 0.0931 e. The molecule has 0 aliphatic heterocycles. The van der Waals surface area contributed by atoms with Crippen LogP contribution in [0.3, 0.4) is 0 Å².